The Balaban J connectivity index is 1.82. The first kappa shape index (κ1) is 23.0. The van der Waals surface area contributed by atoms with E-state index < -0.39 is 12.0 Å². The molecule has 4 aromatic rings. The lowest BCUT2D eigenvalue weighted by atomic mass is 9.93. The van der Waals surface area contributed by atoms with E-state index in [1.807, 2.05) is 78.9 Å². The van der Waals surface area contributed by atoms with Gasteiger partial charge in [-0.2, -0.15) is 0 Å². The summed E-state index contributed by atoms with van der Waals surface area (Å²) in [7, 11) is 0. The van der Waals surface area contributed by atoms with Crippen LogP contribution in [0.3, 0.4) is 0 Å². The molecule has 0 amide bonds. The molecule has 5 rings (SSSR count). The molecular weight excluding hydrogens is 480 g/mol. The molecule has 0 radical (unpaired) electrons. The van der Waals surface area contributed by atoms with Crippen LogP contribution in [-0.2, 0) is 9.53 Å². The number of carbonyl (C=O) groups excluding carboxylic acids is 1. The smallest absolute Gasteiger partial charge is 0.338 e. The second-order valence-electron chi connectivity index (χ2n) is 7.89. The Morgan fingerprint density at radius 2 is 1.69 bits per heavy atom. The Hall–Kier alpha value is -3.74. The largest absolute Gasteiger partial charge is 0.463 e. The van der Waals surface area contributed by atoms with Gasteiger partial charge < -0.3 is 4.74 Å². The lowest BCUT2D eigenvalue weighted by Crippen LogP contribution is -2.39. The molecule has 5 nitrogen and oxygen atoms in total. The van der Waals surface area contributed by atoms with Gasteiger partial charge >= 0.3 is 5.97 Å². The Labute approximate surface area is 210 Å². The molecule has 0 saturated carbocycles. The van der Waals surface area contributed by atoms with Gasteiger partial charge in [-0.3, -0.25) is 9.36 Å². The van der Waals surface area contributed by atoms with Crippen LogP contribution in [0.2, 0.25) is 5.02 Å². The lowest BCUT2D eigenvalue weighted by molar-refractivity contribution is -0.138. The Morgan fingerprint density at radius 1 is 1.03 bits per heavy atom. The molecule has 7 heteroatoms. The molecular formula is C28H21ClN2O3S. The van der Waals surface area contributed by atoms with Gasteiger partial charge in [-0.25, -0.2) is 9.79 Å². The highest BCUT2D eigenvalue weighted by molar-refractivity contribution is 7.07. The molecule has 174 valence electrons. The first-order chi connectivity index (χ1) is 17.1. The number of aromatic nitrogens is 1. The maximum absolute atomic E-state index is 13.7. The maximum atomic E-state index is 13.7. The molecule has 1 aliphatic heterocycles. The third-order valence-electron chi connectivity index (χ3n) is 5.66. The van der Waals surface area contributed by atoms with Crippen molar-refractivity contribution in [3.05, 3.63) is 132 Å². The van der Waals surface area contributed by atoms with Crippen LogP contribution in [0.1, 0.15) is 29.7 Å². The molecule has 0 saturated heterocycles. The van der Waals surface area contributed by atoms with Gasteiger partial charge in [0.25, 0.3) is 5.56 Å². The highest BCUT2D eigenvalue weighted by Crippen LogP contribution is 2.35. The summed E-state index contributed by atoms with van der Waals surface area (Å²) in [6.45, 7) is 1.98. The van der Waals surface area contributed by atoms with Crippen molar-refractivity contribution in [2.45, 2.75) is 13.0 Å². The summed E-state index contributed by atoms with van der Waals surface area (Å²) in [5.74, 6) is -0.490. The summed E-state index contributed by atoms with van der Waals surface area (Å²) in [4.78, 5) is 32.4. The maximum Gasteiger partial charge on any atom is 0.338 e. The van der Waals surface area contributed by atoms with Crippen molar-refractivity contribution < 1.29 is 9.53 Å². The second kappa shape index (κ2) is 9.86. The zero-order chi connectivity index (χ0) is 24.4. The van der Waals surface area contributed by atoms with E-state index in [0.717, 1.165) is 16.7 Å². The van der Waals surface area contributed by atoms with Crippen molar-refractivity contribution in [3.63, 3.8) is 0 Å². The lowest BCUT2D eigenvalue weighted by Gasteiger charge is -2.25. The summed E-state index contributed by atoms with van der Waals surface area (Å²) >= 11 is 7.31. The summed E-state index contributed by atoms with van der Waals surface area (Å²) < 4.78 is 7.58. The van der Waals surface area contributed by atoms with E-state index in [9.17, 15) is 9.59 Å². The number of fused-ring (bicyclic) bond motifs is 1. The molecule has 3 aromatic carbocycles. The zero-order valence-corrected chi connectivity index (χ0v) is 20.4. The standard InChI is InChI=1S/C28H21ClN2O3S/c1-2-34-27(33)23-24(19-9-5-3-6-10-19)30-28-31(25(23)20-11-7-4-8-12-20)26(32)22(35-28)17-18-13-15-21(29)16-14-18/h3-17,25H,2H2,1H3/b22-17-/t25-/m1/s1. The predicted octanol–water partition coefficient (Wildman–Crippen LogP) is 4.59. The number of esters is 1. The molecule has 2 heterocycles. The fraction of sp³-hybridized carbons (Fsp3) is 0.107. The molecule has 0 fully saturated rings. The summed E-state index contributed by atoms with van der Waals surface area (Å²) in [6.07, 6.45) is 1.82. The number of benzene rings is 3. The number of hydrogen-bond acceptors (Lipinski definition) is 5. The minimum absolute atomic E-state index is 0.215. The first-order valence-electron chi connectivity index (χ1n) is 11.2. The molecule has 0 spiro atoms. The molecule has 0 N–H and O–H groups in total. The van der Waals surface area contributed by atoms with Gasteiger partial charge in [0.05, 0.1) is 28.5 Å². The Kier molecular flexibility index (Phi) is 6.49. The Morgan fingerprint density at radius 3 is 2.34 bits per heavy atom. The summed E-state index contributed by atoms with van der Waals surface area (Å²) in [6, 6.07) is 25.6. The van der Waals surface area contributed by atoms with E-state index in [0.29, 0.717) is 25.6 Å². The zero-order valence-electron chi connectivity index (χ0n) is 18.9. The van der Waals surface area contributed by atoms with Gasteiger partial charge in [0.2, 0.25) is 0 Å². The number of nitrogens with zero attached hydrogens (tertiary/aromatic N) is 2. The van der Waals surface area contributed by atoms with E-state index in [1.54, 1.807) is 23.6 Å². The van der Waals surface area contributed by atoms with Crippen LogP contribution in [0.5, 0.6) is 0 Å². The molecule has 1 aromatic heterocycles. The molecule has 1 atom stereocenters. The van der Waals surface area contributed by atoms with E-state index in [2.05, 4.69) is 0 Å². The van der Waals surface area contributed by atoms with E-state index in [1.165, 1.54) is 11.3 Å². The predicted molar refractivity (Wildman–Crippen MR) is 139 cm³/mol. The topological polar surface area (TPSA) is 60.7 Å². The third kappa shape index (κ3) is 4.50. The first-order valence-corrected chi connectivity index (χ1v) is 12.3. The highest BCUT2D eigenvalue weighted by atomic mass is 35.5. The van der Waals surface area contributed by atoms with Crippen LogP contribution in [-0.4, -0.2) is 17.1 Å². The number of hydrogen-bond donors (Lipinski definition) is 0. The van der Waals surface area contributed by atoms with E-state index in [-0.39, 0.29) is 12.2 Å². The van der Waals surface area contributed by atoms with Crippen molar-refractivity contribution >= 4 is 40.7 Å². The summed E-state index contributed by atoms with van der Waals surface area (Å²) in [5.41, 5.74) is 3.08. The fourth-order valence-electron chi connectivity index (χ4n) is 4.10. The van der Waals surface area contributed by atoms with Gasteiger partial charge in [-0.1, -0.05) is 95.7 Å². The number of thiazole rings is 1. The van der Waals surface area contributed by atoms with Crippen molar-refractivity contribution in [2.75, 3.05) is 6.61 Å². The van der Waals surface area contributed by atoms with Gasteiger partial charge in [0.15, 0.2) is 4.80 Å². The quantitative estimate of drug-likeness (QED) is 0.377. The van der Waals surface area contributed by atoms with E-state index in [4.69, 9.17) is 21.3 Å². The molecule has 1 aliphatic rings. The normalized spacial score (nSPS) is 15.5. The number of carbonyl (C=O) groups is 1. The van der Waals surface area contributed by atoms with Crippen LogP contribution >= 0.6 is 22.9 Å². The van der Waals surface area contributed by atoms with Crippen molar-refractivity contribution in [3.8, 4) is 0 Å². The van der Waals surface area contributed by atoms with Crippen LogP contribution in [0.25, 0.3) is 11.8 Å². The monoisotopic (exact) mass is 500 g/mol. The third-order valence-corrected chi connectivity index (χ3v) is 6.89. The number of rotatable bonds is 5. The highest BCUT2D eigenvalue weighted by Gasteiger charge is 2.35. The number of halogens is 1. The van der Waals surface area contributed by atoms with Crippen molar-refractivity contribution in [2.24, 2.45) is 4.99 Å². The fourth-order valence-corrected chi connectivity index (χ4v) is 5.23. The van der Waals surface area contributed by atoms with Crippen LogP contribution in [0.15, 0.2) is 100 Å². The van der Waals surface area contributed by atoms with Gasteiger partial charge in [0.1, 0.15) is 0 Å². The molecule has 35 heavy (non-hydrogen) atoms. The van der Waals surface area contributed by atoms with Crippen LogP contribution in [0, 0.1) is 0 Å². The minimum Gasteiger partial charge on any atom is -0.463 e. The Bertz CT molecular complexity index is 1590. The van der Waals surface area contributed by atoms with Gasteiger partial charge in [-0.15, -0.1) is 0 Å². The van der Waals surface area contributed by atoms with Crippen molar-refractivity contribution in [1.29, 1.82) is 0 Å². The minimum atomic E-state index is -0.672. The second-order valence-corrected chi connectivity index (χ2v) is 9.34. The molecule has 0 unspecified atom stereocenters. The molecule has 0 bridgehead atoms. The SMILES string of the molecule is CCOC(=O)C1=C(c2ccccc2)N=c2s/c(=C\c3ccc(Cl)cc3)c(=O)n2[C@@H]1c1ccccc1. The van der Waals surface area contributed by atoms with E-state index >= 15 is 0 Å². The number of ether oxygens (including phenoxy) is 1. The van der Waals surface area contributed by atoms with Crippen LogP contribution in [0.4, 0.5) is 0 Å². The average molecular weight is 501 g/mol. The average Bonchev–Trinajstić information content (AvgIpc) is 3.20. The molecule has 0 aliphatic carbocycles. The van der Waals surface area contributed by atoms with Gasteiger partial charge in [0, 0.05) is 10.6 Å². The van der Waals surface area contributed by atoms with Crippen LogP contribution < -0.4 is 14.9 Å². The summed E-state index contributed by atoms with van der Waals surface area (Å²) in [5, 5.41) is 0.624. The van der Waals surface area contributed by atoms with Crippen molar-refractivity contribution in [1.82, 2.24) is 4.57 Å². The van der Waals surface area contributed by atoms with Gasteiger partial charge in [-0.05, 0) is 36.3 Å².